The summed E-state index contributed by atoms with van der Waals surface area (Å²) in [6, 6.07) is 8.48. The maximum atomic E-state index is 11.7. The Balaban J connectivity index is 1.87. The Morgan fingerprint density at radius 1 is 1.24 bits per heavy atom. The molecule has 110 valence electrons. The van der Waals surface area contributed by atoms with E-state index in [2.05, 4.69) is 10.3 Å². The van der Waals surface area contributed by atoms with E-state index < -0.39 is 11.2 Å². The third kappa shape index (κ3) is 4.32. The van der Waals surface area contributed by atoms with Crippen molar-refractivity contribution in [3.63, 3.8) is 0 Å². The molecule has 2 N–H and O–H groups in total. The van der Waals surface area contributed by atoms with Gasteiger partial charge < -0.3 is 9.88 Å². The third-order valence-corrected chi connectivity index (χ3v) is 3.28. The molecule has 2 rings (SSSR count). The van der Waals surface area contributed by atoms with Crippen LogP contribution in [0.25, 0.3) is 0 Å². The van der Waals surface area contributed by atoms with Crippen molar-refractivity contribution in [1.82, 2.24) is 14.9 Å². The lowest BCUT2D eigenvalue weighted by Crippen LogP contribution is -2.31. The van der Waals surface area contributed by atoms with Crippen molar-refractivity contribution in [3.8, 4) is 0 Å². The minimum absolute atomic E-state index is 0.135. The van der Waals surface area contributed by atoms with Crippen molar-refractivity contribution in [3.05, 3.63) is 68.0 Å². The van der Waals surface area contributed by atoms with E-state index >= 15 is 0 Å². The molecule has 2 aromatic rings. The highest BCUT2D eigenvalue weighted by Crippen LogP contribution is 2.14. The zero-order chi connectivity index (χ0) is 15.2. The summed E-state index contributed by atoms with van der Waals surface area (Å²) in [6.07, 6.45) is 1.50. The van der Waals surface area contributed by atoms with Gasteiger partial charge in [-0.25, -0.2) is 4.79 Å². The molecule has 1 heterocycles. The summed E-state index contributed by atoms with van der Waals surface area (Å²) in [4.78, 5) is 36.2. The smallest absolute Gasteiger partial charge is 0.328 e. The second kappa shape index (κ2) is 6.90. The highest BCUT2D eigenvalue weighted by molar-refractivity contribution is 6.31. The molecule has 0 spiro atoms. The molecule has 0 aliphatic heterocycles. The molecule has 0 unspecified atom stereocenters. The van der Waals surface area contributed by atoms with Crippen molar-refractivity contribution >= 4 is 17.5 Å². The van der Waals surface area contributed by atoms with E-state index in [4.69, 9.17) is 11.6 Å². The molecule has 0 radical (unpaired) electrons. The topological polar surface area (TPSA) is 84.0 Å². The van der Waals surface area contributed by atoms with Crippen molar-refractivity contribution < 1.29 is 4.79 Å². The van der Waals surface area contributed by atoms with Crippen molar-refractivity contribution in [2.75, 3.05) is 0 Å². The van der Waals surface area contributed by atoms with Gasteiger partial charge in [0.2, 0.25) is 5.91 Å². The Morgan fingerprint density at radius 2 is 2.00 bits per heavy atom. The molecule has 1 aromatic heterocycles. The zero-order valence-electron chi connectivity index (χ0n) is 11.1. The van der Waals surface area contributed by atoms with E-state index in [1.165, 1.54) is 16.8 Å². The average Bonchev–Trinajstić information content (AvgIpc) is 2.45. The first-order valence-corrected chi connectivity index (χ1v) is 6.74. The van der Waals surface area contributed by atoms with Gasteiger partial charge in [0.15, 0.2) is 0 Å². The highest BCUT2D eigenvalue weighted by Gasteiger charge is 2.05. The number of nitrogens with one attached hydrogen (secondary N) is 2. The number of carbonyl (C=O) groups is 1. The lowest BCUT2D eigenvalue weighted by atomic mass is 10.2. The number of carbonyl (C=O) groups excluding carboxylic acids is 1. The number of H-pyrrole nitrogens is 1. The van der Waals surface area contributed by atoms with Crippen LogP contribution in [-0.4, -0.2) is 15.5 Å². The van der Waals surface area contributed by atoms with Crippen LogP contribution in [0.15, 0.2) is 46.1 Å². The largest absolute Gasteiger partial charge is 0.352 e. The molecular weight excluding hydrogens is 294 g/mol. The molecule has 0 aliphatic carbocycles. The Kier molecular flexibility index (Phi) is 4.94. The Morgan fingerprint density at radius 3 is 2.71 bits per heavy atom. The Labute approximate surface area is 125 Å². The fourth-order valence-electron chi connectivity index (χ4n) is 1.77. The van der Waals surface area contributed by atoms with Crippen LogP contribution in [0.5, 0.6) is 0 Å². The molecular formula is C14H14ClN3O3. The van der Waals surface area contributed by atoms with Crippen LogP contribution in [0.1, 0.15) is 12.0 Å². The number of amides is 1. The fraction of sp³-hybridized carbons (Fsp3) is 0.214. The van der Waals surface area contributed by atoms with Crippen molar-refractivity contribution in [1.29, 1.82) is 0 Å². The van der Waals surface area contributed by atoms with E-state index in [-0.39, 0.29) is 18.9 Å². The maximum Gasteiger partial charge on any atom is 0.328 e. The molecule has 0 aliphatic rings. The minimum Gasteiger partial charge on any atom is -0.352 e. The van der Waals surface area contributed by atoms with E-state index in [0.717, 1.165) is 5.56 Å². The van der Waals surface area contributed by atoms with Crippen LogP contribution in [0.3, 0.4) is 0 Å². The molecule has 0 saturated heterocycles. The van der Waals surface area contributed by atoms with Gasteiger partial charge in [-0.1, -0.05) is 29.8 Å². The van der Waals surface area contributed by atoms with Gasteiger partial charge >= 0.3 is 5.69 Å². The van der Waals surface area contributed by atoms with Gasteiger partial charge in [-0.15, -0.1) is 0 Å². The van der Waals surface area contributed by atoms with Crippen LogP contribution in [0, 0.1) is 0 Å². The summed E-state index contributed by atoms with van der Waals surface area (Å²) >= 11 is 5.99. The SMILES string of the molecule is O=C(CCn1ccc(=O)[nH]c1=O)NCc1ccccc1Cl. The number of hydrogen-bond acceptors (Lipinski definition) is 3. The number of halogens is 1. The molecule has 1 aromatic carbocycles. The predicted octanol–water partition coefficient (Wildman–Crippen LogP) is 0.896. The summed E-state index contributed by atoms with van der Waals surface area (Å²) in [7, 11) is 0. The van der Waals surface area contributed by atoms with Gasteiger partial charge in [-0.3, -0.25) is 14.6 Å². The number of aryl methyl sites for hydroxylation is 1. The minimum atomic E-state index is -0.526. The second-order valence-electron chi connectivity index (χ2n) is 4.42. The fourth-order valence-corrected chi connectivity index (χ4v) is 1.97. The summed E-state index contributed by atoms with van der Waals surface area (Å²) < 4.78 is 1.27. The Bertz CT molecular complexity index is 751. The van der Waals surface area contributed by atoms with E-state index in [9.17, 15) is 14.4 Å². The quantitative estimate of drug-likeness (QED) is 0.860. The van der Waals surface area contributed by atoms with Gasteiger partial charge in [-0.05, 0) is 11.6 Å². The number of benzene rings is 1. The van der Waals surface area contributed by atoms with E-state index in [1.807, 2.05) is 18.2 Å². The van der Waals surface area contributed by atoms with Crippen LogP contribution in [0.4, 0.5) is 0 Å². The van der Waals surface area contributed by atoms with E-state index in [1.54, 1.807) is 6.07 Å². The first-order chi connectivity index (χ1) is 10.1. The molecule has 21 heavy (non-hydrogen) atoms. The molecule has 0 saturated carbocycles. The van der Waals surface area contributed by atoms with Crippen LogP contribution < -0.4 is 16.6 Å². The second-order valence-corrected chi connectivity index (χ2v) is 4.83. The molecule has 0 atom stereocenters. The molecule has 7 heteroatoms. The van der Waals surface area contributed by atoms with Crippen molar-refractivity contribution in [2.45, 2.75) is 19.5 Å². The predicted molar refractivity (Wildman–Crippen MR) is 79.2 cm³/mol. The van der Waals surface area contributed by atoms with Gasteiger partial charge in [0.25, 0.3) is 5.56 Å². The lowest BCUT2D eigenvalue weighted by molar-refractivity contribution is -0.121. The van der Waals surface area contributed by atoms with Crippen LogP contribution >= 0.6 is 11.6 Å². The summed E-state index contributed by atoms with van der Waals surface area (Å²) in [6.45, 7) is 0.531. The molecule has 1 amide bonds. The summed E-state index contributed by atoms with van der Waals surface area (Å²) in [5, 5.41) is 3.32. The van der Waals surface area contributed by atoms with Crippen LogP contribution in [0.2, 0.25) is 5.02 Å². The van der Waals surface area contributed by atoms with Gasteiger partial charge in [0.1, 0.15) is 0 Å². The number of nitrogens with zero attached hydrogens (tertiary/aromatic N) is 1. The lowest BCUT2D eigenvalue weighted by Gasteiger charge is -2.07. The maximum absolute atomic E-state index is 11.7. The third-order valence-electron chi connectivity index (χ3n) is 2.91. The first-order valence-electron chi connectivity index (χ1n) is 6.36. The summed E-state index contributed by atoms with van der Waals surface area (Å²) in [5.74, 6) is -0.201. The van der Waals surface area contributed by atoms with Crippen LogP contribution in [-0.2, 0) is 17.9 Å². The summed E-state index contributed by atoms with van der Waals surface area (Å²) in [5.41, 5.74) is -0.158. The molecule has 0 bridgehead atoms. The van der Waals surface area contributed by atoms with Crippen molar-refractivity contribution in [2.24, 2.45) is 0 Å². The average molecular weight is 308 g/mol. The van der Waals surface area contributed by atoms with Gasteiger partial charge in [-0.2, -0.15) is 0 Å². The number of aromatic amines is 1. The Hall–Kier alpha value is -2.34. The van der Waals surface area contributed by atoms with Gasteiger partial charge in [0.05, 0.1) is 0 Å². The first kappa shape index (κ1) is 15.1. The number of aromatic nitrogens is 2. The molecule has 0 fully saturated rings. The normalized spacial score (nSPS) is 10.3. The van der Waals surface area contributed by atoms with Gasteiger partial charge in [0, 0.05) is 36.8 Å². The monoisotopic (exact) mass is 307 g/mol. The zero-order valence-corrected chi connectivity index (χ0v) is 11.9. The molecule has 6 nitrogen and oxygen atoms in total. The number of hydrogen-bond donors (Lipinski definition) is 2. The number of rotatable bonds is 5. The van der Waals surface area contributed by atoms with E-state index in [0.29, 0.717) is 11.6 Å². The highest BCUT2D eigenvalue weighted by atomic mass is 35.5. The standard InChI is InChI=1S/C14H14ClN3O3/c15-11-4-2-1-3-10(11)9-16-12(19)5-7-18-8-6-13(20)17-14(18)21/h1-4,6,8H,5,7,9H2,(H,16,19)(H,17,20,21).